The molecule has 1 heterocycles. The van der Waals surface area contributed by atoms with E-state index in [4.69, 9.17) is 4.74 Å². The average Bonchev–Trinajstić information content (AvgIpc) is 2.91. The van der Waals surface area contributed by atoms with E-state index < -0.39 is 21.2 Å². The Balaban J connectivity index is 1.98. The second-order valence-electron chi connectivity index (χ2n) is 6.00. The zero-order valence-electron chi connectivity index (χ0n) is 15.2. The lowest BCUT2D eigenvalue weighted by atomic mass is 10.2. The van der Waals surface area contributed by atoms with Crippen molar-refractivity contribution in [3.63, 3.8) is 0 Å². The Labute approximate surface area is 163 Å². The fourth-order valence-corrected chi connectivity index (χ4v) is 5.21. The Kier molecular flexibility index (Phi) is 5.57. The van der Waals surface area contributed by atoms with Crippen LogP contribution in [-0.2, 0) is 14.8 Å². The van der Waals surface area contributed by atoms with Crippen LogP contribution in [0.4, 0.5) is 5.69 Å². The maximum absolute atomic E-state index is 13.0. The van der Waals surface area contributed by atoms with Crippen LogP contribution in [0.15, 0.2) is 58.4 Å². The van der Waals surface area contributed by atoms with Crippen molar-refractivity contribution in [3.05, 3.63) is 54.1 Å². The minimum Gasteiger partial charge on any atom is -0.494 e. The van der Waals surface area contributed by atoms with Crippen molar-refractivity contribution in [2.45, 2.75) is 30.9 Å². The van der Waals surface area contributed by atoms with E-state index in [1.54, 1.807) is 43.3 Å². The molecule has 8 heteroatoms. The Hall–Kier alpha value is -2.32. The number of nitrogens with zero attached hydrogens (tertiary/aromatic N) is 2. The zero-order valence-corrected chi connectivity index (χ0v) is 16.9. The van der Waals surface area contributed by atoms with E-state index in [2.05, 4.69) is 4.99 Å². The molecule has 2 aromatic rings. The van der Waals surface area contributed by atoms with Gasteiger partial charge in [-0.3, -0.25) is 4.79 Å². The number of hydrogen-bond acceptors (Lipinski definition) is 6. The molecule has 0 bridgehead atoms. The summed E-state index contributed by atoms with van der Waals surface area (Å²) < 4.78 is 32.3. The number of aliphatic imine (C=N–C) groups is 1. The summed E-state index contributed by atoms with van der Waals surface area (Å²) in [4.78, 5) is 17.0. The fourth-order valence-electron chi connectivity index (χ4n) is 2.52. The van der Waals surface area contributed by atoms with Gasteiger partial charge < -0.3 is 4.74 Å². The normalized spacial score (nSPS) is 18.9. The minimum absolute atomic E-state index is 0.0653. The number of rotatable bonds is 5. The molecule has 0 spiro atoms. The second kappa shape index (κ2) is 7.74. The second-order valence-corrected chi connectivity index (χ2v) is 9.10. The SMILES string of the molecule is CCOc1ccc(N=C2S[C@H](C)C(=O)N2S(=O)(=O)c2ccc(C)cc2)cc1. The minimum atomic E-state index is -4.02. The number of aryl methyl sites for hydroxylation is 1. The Morgan fingerprint density at radius 2 is 1.74 bits per heavy atom. The first-order chi connectivity index (χ1) is 12.8. The van der Waals surface area contributed by atoms with Crippen molar-refractivity contribution >= 4 is 38.5 Å². The van der Waals surface area contributed by atoms with Gasteiger partial charge in [-0.1, -0.05) is 29.5 Å². The summed E-state index contributed by atoms with van der Waals surface area (Å²) in [5, 5.41) is -0.371. The summed E-state index contributed by atoms with van der Waals surface area (Å²) in [5.41, 5.74) is 1.49. The fraction of sp³-hybridized carbons (Fsp3) is 0.263. The molecule has 1 aliphatic rings. The lowest BCUT2D eigenvalue weighted by Crippen LogP contribution is -2.37. The van der Waals surface area contributed by atoms with E-state index in [-0.39, 0.29) is 10.1 Å². The summed E-state index contributed by atoms with van der Waals surface area (Å²) in [5.74, 6) is 0.208. The van der Waals surface area contributed by atoms with Crippen LogP contribution in [0.1, 0.15) is 19.4 Å². The third-order valence-electron chi connectivity index (χ3n) is 3.94. The molecule has 1 amide bonds. The number of amidine groups is 1. The lowest BCUT2D eigenvalue weighted by molar-refractivity contribution is -0.122. The zero-order chi connectivity index (χ0) is 19.6. The van der Waals surface area contributed by atoms with Crippen LogP contribution in [0.25, 0.3) is 0 Å². The standard InChI is InChI=1S/C19H20N2O4S2/c1-4-25-16-9-7-15(8-10-16)20-19-21(18(22)14(3)26-19)27(23,24)17-11-5-13(2)6-12-17/h5-12,14H,4H2,1-3H3/t14-/m1/s1. The molecule has 1 fully saturated rings. The first kappa shape index (κ1) is 19.4. The summed E-state index contributed by atoms with van der Waals surface area (Å²) in [6, 6.07) is 13.4. The molecule has 0 aliphatic carbocycles. The third kappa shape index (κ3) is 4.01. The smallest absolute Gasteiger partial charge is 0.272 e. The van der Waals surface area contributed by atoms with Gasteiger partial charge in [0.25, 0.3) is 15.9 Å². The van der Waals surface area contributed by atoms with Crippen LogP contribution in [0.2, 0.25) is 0 Å². The molecule has 1 saturated heterocycles. The molecule has 6 nitrogen and oxygen atoms in total. The monoisotopic (exact) mass is 404 g/mol. The van der Waals surface area contributed by atoms with Crippen LogP contribution in [0.3, 0.4) is 0 Å². The van der Waals surface area contributed by atoms with Crippen LogP contribution >= 0.6 is 11.8 Å². The van der Waals surface area contributed by atoms with E-state index in [1.807, 2.05) is 13.8 Å². The molecule has 2 aromatic carbocycles. The number of amides is 1. The van der Waals surface area contributed by atoms with Gasteiger partial charge in [-0.05, 0) is 57.2 Å². The average molecular weight is 405 g/mol. The predicted molar refractivity (Wildman–Crippen MR) is 107 cm³/mol. The number of ether oxygens (including phenoxy) is 1. The highest BCUT2D eigenvalue weighted by atomic mass is 32.2. The van der Waals surface area contributed by atoms with E-state index in [1.165, 1.54) is 12.1 Å². The van der Waals surface area contributed by atoms with Gasteiger partial charge in [-0.25, -0.2) is 13.4 Å². The number of benzene rings is 2. The van der Waals surface area contributed by atoms with Crippen molar-refractivity contribution in [3.8, 4) is 5.75 Å². The largest absolute Gasteiger partial charge is 0.494 e. The number of carbonyl (C=O) groups is 1. The number of sulfonamides is 1. The number of thioether (sulfide) groups is 1. The summed E-state index contributed by atoms with van der Waals surface area (Å²) in [7, 11) is -4.02. The van der Waals surface area contributed by atoms with Crippen molar-refractivity contribution in [2.24, 2.45) is 4.99 Å². The Bertz CT molecular complexity index is 968. The molecular weight excluding hydrogens is 384 g/mol. The molecule has 0 saturated carbocycles. The summed E-state index contributed by atoms with van der Waals surface area (Å²) in [6.07, 6.45) is 0. The number of hydrogen-bond donors (Lipinski definition) is 0. The lowest BCUT2D eigenvalue weighted by Gasteiger charge is -2.16. The van der Waals surface area contributed by atoms with Gasteiger partial charge in [-0.15, -0.1) is 0 Å². The maximum Gasteiger partial charge on any atom is 0.272 e. The molecule has 3 rings (SSSR count). The third-order valence-corrected chi connectivity index (χ3v) is 6.79. The van der Waals surface area contributed by atoms with E-state index in [9.17, 15) is 13.2 Å². The topological polar surface area (TPSA) is 76.0 Å². The molecule has 0 N–H and O–H groups in total. The molecule has 1 atom stereocenters. The van der Waals surface area contributed by atoms with Gasteiger partial charge in [0.05, 0.1) is 22.4 Å². The Morgan fingerprint density at radius 1 is 1.11 bits per heavy atom. The molecule has 27 heavy (non-hydrogen) atoms. The summed E-state index contributed by atoms with van der Waals surface area (Å²) >= 11 is 1.13. The number of carbonyl (C=O) groups excluding carboxylic acids is 1. The van der Waals surface area contributed by atoms with Gasteiger partial charge >= 0.3 is 0 Å². The maximum atomic E-state index is 13.0. The Morgan fingerprint density at radius 3 is 2.33 bits per heavy atom. The highest BCUT2D eigenvalue weighted by Crippen LogP contribution is 2.34. The van der Waals surface area contributed by atoms with Gasteiger partial charge in [0, 0.05) is 0 Å². The highest BCUT2D eigenvalue weighted by molar-refractivity contribution is 8.17. The van der Waals surface area contributed by atoms with E-state index >= 15 is 0 Å². The van der Waals surface area contributed by atoms with Crippen LogP contribution < -0.4 is 4.74 Å². The van der Waals surface area contributed by atoms with Crippen LogP contribution in [0.5, 0.6) is 5.75 Å². The first-order valence-electron chi connectivity index (χ1n) is 8.47. The van der Waals surface area contributed by atoms with E-state index in [0.717, 1.165) is 21.6 Å². The summed E-state index contributed by atoms with van der Waals surface area (Å²) in [6.45, 7) is 5.99. The van der Waals surface area contributed by atoms with Gasteiger partial charge in [-0.2, -0.15) is 4.31 Å². The van der Waals surface area contributed by atoms with Gasteiger partial charge in [0.2, 0.25) is 0 Å². The van der Waals surface area contributed by atoms with Crippen molar-refractivity contribution in [1.29, 1.82) is 0 Å². The van der Waals surface area contributed by atoms with Gasteiger partial charge in [0.15, 0.2) is 5.17 Å². The molecule has 142 valence electrons. The van der Waals surface area contributed by atoms with Crippen molar-refractivity contribution in [1.82, 2.24) is 4.31 Å². The first-order valence-corrected chi connectivity index (χ1v) is 10.8. The molecule has 1 aliphatic heterocycles. The highest BCUT2D eigenvalue weighted by Gasteiger charge is 2.43. The van der Waals surface area contributed by atoms with Crippen molar-refractivity contribution < 1.29 is 17.9 Å². The molecular formula is C19H20N2O4S2. The molecule has 0 radical (unpaired) electrons. The van der Waals surface area contributed by atoms with E-state index in [0.29, 0.717) is 18.0 Å². The quantitative estimate of drug-likeness (QED) is 0.759. The van der Waals surface area contributed by atoms with Crippen LogP contribution in [-0.4, -0.2) is 35.7 Å². The molecule has 0 aromatic heterocycles. The van der Waals surface area contributed by atoms with Crippen LogP contribution in [0, 0.1) is 6.92 Å². The van der Waals surface area contributed by atoms with Gasteiger partial charge in [0.1, 0.15) is 5.75 Å². The van der Waals surface area contributed by atoms with Crippen molar-refractivity contribution in [2.75, 3.05) is 6.61 Å². The predicted octanol–water partition coefficient (Wildman–Crippen LogP) is 3.73. The molecule has 0 unspecified atom stereocenters.